The van der Waals surface area contributed by atoms with E-state index in [2.05, 4.69) is 26.1 Å². The molecule has 100 valence electrons. The van der Waals surface area contributed by atoms with Gasteiger partial charge in [-0.3, -0.25) is 9.89 Å². The van der Waals surface area contributed by atoms with Gasteiger partial charge in [-0.2, -0.15) is 5.10 Å². The van der Waals surface area contributed by atoms with E-state index in [-0.39, 0.29) is 5.91 Å². The van der Waals surface area contributed by atoms with Crippen molar-refractivity contribution >= 4 is 21.8 Å². The molecule has 1 fully saturated rings. The number of carbonyl (C=O) groups is 1. The molecule has 1 heterocycles. The number of halogens is 1. The first-order valence-electron chi connectivity index (χ1n) is 6.61. The van der Waals surface area contributed by atoms with E-state index < -0.39 is 0 Å². The molecule has 1 aromatic heterocycles. The number of hydrogen-bond donors (Lipinski definition) is 1. The lowest BCUT2D eigenvalue weighted by Gasteiger charge is -2.34. The number of aromatic amines is 1. The molecule has 0 bridgehead atoms. The topological polar surface area (TPSA) is 49.0 Å². The van der Waals surface area contributed by atoms with Crippen LogP contribution in [0.15, 0.2) is 6.20 Å². The summed E-state index contributed by atoms with van der Waals surface area (Å²) in [5.74, 6) is 0.118. The fourth-order valence-electron chi connectivity index (χ4n) is 2.65. The van der Waals surface area contributed by atoms with E-state index >= 15 is 0 Å². The molecule has 1 N–H and O–H groups in total. The van der Waals surface area contributed by atoms with Gasteiger partial charge in [0.1, 0.15) is 0 Å². The first kappa shape index (κ1) is 13.6. The molecule has 0 spiro atoms. The van der Waals surface area contributed by atoms with Crippen molar-refractivity contribution in [1.29, 1.82) is 0 Å². The molecule has 1 aliphatic rings. The first-order valence-corrected chi connectivity index (χ1v) is 7.73. The number of carbonyl (C=O) groups excluding carboxylic acids is 1. The Morgan fingerprint density at radius 1 is 1.50 bits per heavy atom. The van der Waals surface area contributed by atoms with Crippen molar-refractivity contribution in [1.82, 2.24) is 15.1 Å². The summed E-state index contributed by atoms with van der Waals surface area (Å²) in [6.07, 6.45) is 7.69. The van der Waals surface area contributed by atoms with Crippen LogP contribution in [0.3, 0.4) is 0 Å². The van der Waals surface area contributed by atoms with E-state index in [1.807, 2.05) is 11.8 Å². The molecule has 4 nitrogen and oxygen atoms in total. The second-order valence-corrected chi connectivity index (χ2v) is 5.68. The minimum Gasteiger partial charge on any atom is -0.335 e. The van der Waals surface area contributed by atoms with Gasteiger partial charge in [0.25, 0.3) is 5.91 Å². The average Bonchev–Trinajstić information content (AvgIpc) is 2.82. The Bertz CT molecular complexity index is 399. The number of nitrogens with zero attached hydrogens (tertiary/aromatic N) is 2. The van der Waals surface area contributed by atoms with E-state index in [9.17, 15) is 4.79 Å². The molecular formula is C13H20BrN3O. The van der Waals surface area contributed by atoms with Crippen LogP contribution in [0.2, 0.25) is 0 Å². The van der Waals surface area contributed by atoms with E-state index in [0.717, 1.165) is 30.4 Å². The number of aryl methyl sites for hydroxylation is 1. The molecule has 0 radical (unpaired) electrons. The van der Waals surface area contributed by atoms with Crippen LogP contribution < -0.4 is 0 Å². The number of rotatable bonds is 4. The maximum atomic E-state index is 12.6. The Kier molecular flexibility index (Phi) is 4.80. The Morgan fingerprint density at radius 3 is 2.78 bits per heavy atom. The third-order valence-corrected chi connectivity index (χ3v) is 4.02. The van der Waals surface area contributed by atoms with E-state index in [1.165, 1.54) is 19.3 Å². The molecule has 0 atom stereocenters. The Labute approximate surface area is 116 Å². The predicted octanol–water partition coefficient (Wildman–Crippen LogP) is 2.89. The molecule has 5 heteroatoms. The lowest BCUT2D eigenvalue weighted by molar-refractivity contribution is 0.0650. The van der Waals surface area contributed by atoms with Gasteiger partial charge in [0.15, 0.2) is 0 Å². The quantitative estimate of drug-likeness (QED) is 0.869. The molecule has 1 aromatic rings. The zero-order valence-electron chi connectivity index (χ0n) is 10.8. The zero-order valence-corrected chi connectivity index (χ0v) is 12.4. The minimum atomic E-state index is 0.118. The second-order valence-electron chi connectivity index (χ2n) is 4.89. The summed E-state index contributed by atoms with van der Waals surface area (Å²) in [7, 11) is 0. The number of aromatic nitrogens is 2. The third-order valence-electron chi connectivity index (χ3n) is 3.66. The van der Waals surface area contributed by atoms with Crippen molar-refractivity contribution in [3.63, 3.8) is 0 Å². The van der Waals surface area contributed by atoms with Crippen molar-refractivity contribution in [2.45, 2.75) is 45.1 Å². The average molecular weight is 314 g/mol. The van der Waals surface area contributed by atoms with Crippen LogP contribution in [0.4, 0.5) is 0 Å². The van der Waals surface area contributed by atoms with Crippen LogP contribution in [0.1, 0.15) is 48.2 Å². The maximum Gasteiger partial charge on any atom is 0.257 e. The van der Waals surface area contributed by atoms with Crippen molar-refractivity contribution in [2.24, 2.45) is 0 Å². The monoisotopic (exact) mass is 313 g/mol. The van der Waals surface area contributed by atoms with Gasteiger partial charge < -0.3 is 4.90 Å². The smallest absolute Gasteiger partial charge is 0.257 e. The normalized spacial score (nSPS) is 16.8. The molecule has 0 saturated heterocycles. The van der Waals surface area contributed by atoms with Gasteiger partial charge >= 0.3 is 0 Å². The summed E-state index contributed by atoms with van der Waals surface area (Å²) in [6.45, 7) is 2.67. The minimum absolute atomic E-state index is 0.118. The van der Waals surface area contributed by atoms with Gasteiger partial charge in [-0.05, 0) is 19.8 Å². The van der Waals surface area contributed by atoms with Crippen molar-refractivity contribution in [3.8, 4) is 0 Å². The van der Waals surface area contributed by atoms with E-state index in [1.54, 1.807) is 6.20 Å². The van der Waals surface area contributed by atoms with Crippen LogP contribution in [0.25, 0.3) is 0 Å². The Balaban J connectivity index is 2.13. The zero-order chi connectivity index (χ0) is 13.0. The van der Waals surface area contributed by atoms with Crippen LogP contribution in [0.5, 0.6) is 0 Å². The fraction of sp³-hybridized carbons (Fsp3) is 0.692. The molecule has 0 aliphatic heterocycles. The lowest BCUT2D eigenvalue weighted by Crippen LogP contribution is -2.42. The Hall–Kier alpha value is -0.840. The number of hydrogen-bond acceptors (Lipinski definition) is 2. The molecule has 2 rings (SSSR count). The van der Waals surface area contributed by atoms with E-state index in [4.69, 9.17) is 0 Å². The molecule has 1 aliphatic carbocycles. The summed E-state index contributed by atoms with van der Waals surface area (Å²) >= 11 is 3.45. The summed E-state index contributed by atoms with van der Waals surface area (Å²) in [5.41, 5.74) is 1.57. The Morgan fingerprint density at radius 2 is 2.22 bits per heavy atom. The van der Waals surface area contributed by atoms with Crippen molar-refractivity contribution in [2.75, 3.05) is 11.9 Å². The van der Waals surface area contributed by atoms with Gasteiger partial charge in [0.2, 0.25) is 0 Å². The van der Waals surface area contributed by atoms with Crippen LogP contribution in [-0.2, 0) is 0 Å². The summed E-state index contributed by atoms with van der Waals surface area (Å²) in [4.78, 5) is 14.6. The maximum absolute atomic E-state index is 12.6. The van der Waals surface area contributed by atoms with Gasteiger partial charge in [0.05, 0.1) is 11.8 Å². The highest BCUT2D eigenvalue weighted by atomic mass is 79.9. The number of nitrogens with one attached hydrogen (secondary N) is 1. The van der Waals surface area contributed by atoms with Gasteiger partial charge in [-0.1, -0.05) is 35.2 Å². The molecule has 18 heavy (non-hydrogen) atoms. The highest BCUT2D eigenvalue weighted by Crippen LogP contribution is 2.24. The highest BCUT2D eigenvalue weighted by molar-refractivity contribution is 9.09. The van der Waals surface area contributed by atoms with Crippen molar-refractivity contribution in [3.05, 3.63) is 17.5 Å². The van der Waals surface area contributed by atoms with Gasteiger partial charge in [0, 0.05) is 23.6 Å². The highest BCUT2D eigenvalue weighted by Gasteiger charge is 2.27. The summed E-state index contributed by atoms with van der Waals surface area (Å²) < 4.78 is 0. The van der Waals surface area contributed by atoms with Crippen LogP contribution in [-0.4, -0.2) is 38.9 Å². The lowest BCUT2D eigenvalue weighted by atomic mass is 9.94. The molecule has 1 amide bonds. The molecule has 1 saturated carbocycles. The fourth-order valence-corrected chi connectivity index (χ4v) is 3.04. The number of alkyl halides is 1. The van der Waals surface area contributed by atoms with Gasteiger partial charge in [-0.25, -0.2) is 0 Å². The summed E-state index contributed by atoms with van der Waals surface area (Å²) in [5, 5.41) is 7.61. The van der Waals surface area contributed by atoms with Crippen LogP contribution in [0, 0.1) is 6.92 Å². The van der Waals surface area contributed by atoms with Gasteiger partial charge in [-0.15, -0.1) is 0 Å². The first-order chi connectivity index (χ1) is 8.74. The van der Waals surface area contributed by atoms with E-state index in [0.29, 0.717) is 11.6 Å². The predicted molar refractivity (Wildman–Crippen MR) is 75.0 cm³/mol. The van der Waals surface area contributed by atoms with Crippen molar-refractivity contribution < 1.29 is 4.79 Å². The SMILES string of the molecule is Cc1[nH]ncc1C(=O)N(CCBr)C1CCCCC1. The largest absolute Gasteiger partial charge is 0.335 e. The second kappa shape index (κ2) is 6.36. The number of H-pyrrole nitrogens is 1. The standard InChI is InChI=1S/C13H20BrN3O/c1-10-12(9-15-16-10)13(18)17(8-7-14)11-5-3-2-4-6-11/h9,11H,2-8H2,1H3,(H,15,16). The third kappa shape index (κ3) is 2.94. The van der Waals surface area contributed by atoms with Crippen LogP contribution >= 0.6 is 15.9 Å². The molecule has 0 aromatic carbocycles. The number of amides is 1. The molecule has 0 unspecified atom stereocenters. The summed E-state index contributed by atoms with van der Waals surface area (Å²) in [6, 6.07) is 0.401. The molecular weight excluding hydrogens is 294 g/mol.